The van der Waals surface area contributed by atoms with Crippen LogP contribution in [0.4, 0.5) is 16.1 Å². The van der Waals surface area contributed by atoms with Crippen molar-refractivity contribution in [1.82, 2.24) is 4.98 Å². The van der Waals surface area contributed by atoms with Crippen molar-refractivity contribution in [2.24, 2.45) is 0 Å². The first kappa shape index (κ1) is 11.1. The largest absolute Gasteiger partial charge is 0.432 e. The van der Waals surface area contributed by atoms with Gasteiger partial charge in [-0.3, -0.25) is 10.1 Å². The van der Waals surface area contributed by atoms with Crippen molar-refractivity contribution in [3.63, 3.8) is 0 Å². The summed E-state index contributed by atoms with van der Waals surface area (Å²) in [6.45, 7) is 1.72. The molecule has 0 saturated carbocycles. The molecule has 0 radical (unpaired) electrons. The molecule has 2 aromatic rings. The molecule has 5 nitrogen and oxygen atoms in total. The summed E-state index contributed by atoms with van der Waals surface area (Å²) < 4.78 is 18.1. The molecule has 0 spiro atoms. The van der Waals surface area contributed by atoms with Crippen molar-refractivity contribution >= 4 is 17.6 Å². The van der Waals surface area contributed by atoms with Crippen LogP contribution in [0.3, 0.4) is 0 Å². The van der Waals surface area contributed by atoms with Crippen molar-refractivity contribution in [3.8, 4) is 0 Å². The van der Waals surface area contributed by atoms with Gasteiger partial charge in [-0.25, -0.2) is 4.39 Å². The molecule has 17 heavy (non-hydrogen) atoms. The predicted molar refractivity (Wildman–Crippen MR) is 60.0 cm³/mol. The Balaban J connectivity index is 2.23. The highest BCUT2D eigenvalue weighted by Gasteiger charge is 2.14. The number of benzene rings is 1. The van der Waals surface area contributed by atoms with Crippen molar-refractivity contribution < 1.29 is 13.6 Å². The molecule has 1 aromatic heterocycles. The minimum absolute atomic E-state index is 0.0425. The summed E-state index contributed by atoms with van der Waals surface area (Å²) in [5.41, 5.74) is 5.93. The van der Waals surface area contributed by atoms with Gasteiger partial charge in [0.25, 0.3) is 5.91 Å². The number of amides is 1. The number of oxazole rings is 1. The summed E-state index contributed by atoms with van der Waals surface area (Å²) in [5, 5.41) is 2.38. The van der Waals surface area contributed by atoms with Crippen molar-refractivity contribution in [3.05, 3.63) is 41.5 Å². The standard InChI is InChI=1S/C11H10FN3O2/c1-6-5-17-11(14-6)15-10(16)7-3-2-4-8(12)9(7)13/h2-5H,13H2,1H3,(H,14,15,16). The summed E-state index contributed by atoms with van der Waals surface area (Å²) in [7, 11) is 0. The second-order valence-electron chi connectivity index (χ2n) is 3.45. The Hall–Kier alpha value is -2.37. The van der Waals surface area contributed by atoms with Gasteiger partial charge in [0.2, 0.25) is 0 Å². The van der Waals surface area contributed by atoms with E-state index in [2.05, 4.69) is 10.3 Å². The van der Waals surface area contributed by atoms with Gasteiger partial charge in [0.05, 0.1) is 16.9 Å². The quantitative estimate of drug-likeness (QED) is 0.779. The Morgan fingerprint density at radius 1 is 1.53 bits per heavy atom. The topological polar surface area (TPSA) is 81.2 Å². The number of carbonyl (C=O) groups excluding carboxylic acids is 1. The maximum Gasteiger partial charge on any atom is 0.301 e. The number of aryl methyl sites for hydroxylation is 1. The highest BCUT2D eigenvalue weighted by molar-refractivity contribution is 6.06. The van der Waals surface area contributed by atoms with Crippen LogP contribution < -0.4 is 11.1 Å². The highest BCUT2D eigenvalue weighted by atomic mass is 19.1. The van der Waals surface area contributed by atoms with Gasteiger partial charge >= 0.3 is 6.01 Å². The van der Waals surface area contributed by atoms with Gasteiger partial charge in [-0.1, -0.05) is 6.07 Å². The molecular weight excluding hydrogens is 225 g/mol. The SMILES string of the molecule is Cc1coc(NC(=O)c2cccc(F)c2N)n1. The first-order valence-electron chi connectivity index (χ1n) is 4.85. The van der Waals surface area contributed by atoms with Gasteiger partial charge in [-0.2, -0.15) is 4.98 Å². The minimum Gasteiger partial charge on any atom is -0.432 e. The van der Waals surface area contributed by atoms with Crippen molar-refractivity contribution in [1.29, 1.82) is 0 Å². The van der Waals surface area contributed by atoms with E-state index in [9.17, 15) is 9.18 Å². The number of halogens is 1. The summed E-state index contributed by atoms with van der Waals surface area (Å²) in [6.07, 6.45) is 1.39. The summed E-state index contributed by atoms with van der Waals surface area (Å²) in [6, 6.07) is 4.06. The highest BCUT2D eigenvalue weighted by Crippen LogP contribution is 2.17. The van der Waals surface area contributed by atoms with Gasteiger partial charge < -0.3 is 10.2 Å². The molecule has 2 rings (SSSR count). The van der Waals surface area contributed by atoms with Crippen molar-refractivity contribution in [2.75, 3.05) is 11.1 Å². The Bertz CT molecular complexity index is 566. The maximum absolute atomic E-state index is 13.1. The number of nitrogen functional groups attached to an aromatic ring is 1. The third kappa shape index (κ3) is 2.25. The fourth-order valence-electron chi connectivity index (χ4n) is 1.31. The fraction of sp³-hybridized carbons (Fsp3) is 0.0909. The second kappa shape index (κ2) is 4.25. The van der Waals surface area contributed by atoms with E-state index in [1.54, 1.807) is 6.92 Å². The van der Waals surface area contributed by atoms with Crippen LogP contribution in [0.1, 0.15) is 16.1 Å². The molecule has 0 aliphatic rings. The number of nitrogens with two attached hydrogens (primary N) is 1. The van der Waals surface area contributed by atoms with Crippen LogP contribution >= 0.6 is 0 Å². The summed E-state index contributed by atoms with van der Waals surface area (Å²) in [4.78, 5) is 15.6. The van der Waals surface area contributed by atoms with Crippen LogP contribution in [0.5, 0.6) is 0 Å². The lowest BCUT2D eigenvalue weighted by molar-refractivity contribution is 0.102. The minimum atomic E-state index is -0.638. The van der Waals surface area contributed by atoms with Crippen LogP contribution in [0.25, 0.3) is 0 Å². The molecule has 88 valence electrons. The predicted octanol–water partition coefficient (Wildman–Crippen LogP) is 1.96. The Kier molecular flexibility index (Phi) is 2.78. The van der Waals surface area contributed by atoms with Gasteiger partial charge in [-0.15, -0.1) is 0 Å². The van der Waals surface area contributed by atoms with Gasteiger partial charge in [0, 0.05) is 0 Å². The van der Waals surface area contributed by atoms with Crippen LogP contribution in [0, 0.1) is 12.7 Å². The molecular formula is C11H10FN3O2. The molecule has 0 bridgehead atoms. The molecule has 3 N–H and O–H groups in total. The van der Waals surface area contributed by atoms with Gasteiger partial charge in [-0.05, 0) is 19.1 Å². The van der Waals surface area contributed by atoms with Gasteiger partial charge in [0.1, 0.15) is 12.1 Å². The van der Waals surface area contributed by atoms with Crippen LogP contribution in [0.15, 0.2) is 28.9 Å². The first-order chi connectivity index (χ1) is 8.08. The lowest BCUT2D eigenvalue weighted by Crippen LogP contribution is -2.15. The molecule has 0 fully saturated rings. The van der Waals surface area contributed by atoms with E-state index in [-0.39, 0.29) is 17.3 Å². The van der Waals surface area contributed by atoms with E-state index in [4.69, 9.17) is 10.2 Å². The zero-order chi connectivity index (χ0) is 12.4. The number of anilines is 2. The number of rotatable bonds is 2. The Labute approximate surface area is 96.4 Å². The second-order valence-corrected chi connectivity index (χ2v) is 3.45. The number of hydrogen-bond donors (Lipinski definition) is 2. The Morgan fingerprint density at radius 2 is 2.29 bits per heavy atom. The lowest BCUT2D eigenvalue weighted by atomic mass is 10.1. The van der Waals surface area contributed by atoms with E-state index in [1.807, 2.05) is 0 Å². The number of aromatic nitrogens is 1. The molecule has 6 heteroatoms. The average Bonchev–Trinajstić information content (AvgIpc) is 2.68. The number of carbonyl (C=O) groups is 1. The molecule has 0 aliphatic heterocycles. The molecule has 1 heterocycles. The normalized spacial score (nSPS) is 10.2. The molecule has 0 unspecified atom stereocenters. The molecule has 1 amide bonds. The van der Waals surface area contributed by atoms with E-state index >= 15 is 0 Å². The summed E-state index contributed by atoms with van der Waals surface area (Å²) >= 11 is 0. The number of para-hydroxylation sites is 1. The van der Waals surface area contributed by atoms with Crippen molar-refractivity contribution in [2.45, 2.75) is 6.92 Å². The third-order valence-electron chi connectivity index (χ3n) is 2.14. The van der Waals surface area contributed by atoms with E-state index < -0.39 is 11.7 Å². The monoisotopic (exact) mass is 235 g/mol. The van der Waals surface area contributed by atoms with E-state index in [1.165, 1.54) is 24.5 Å². The Morgan fingerprint density at radius 3 is 2.94 bits per heavy atom. The zero-order valence-corrected chi connectivity index (χ0v) is 9.03. The number of nitrogens with zero attached hydrogens (tertiary/aromatic N) is 1. The fourth-order valence-corrected chi connectivity index (χ4v) is 1.31. The number of hydrogen-bond acceptors (Lipinski definition) is 4. The smallest absolute Gasteiger partial charge is 0.301 e. The summed E-state index contributed by atoms with van der Waals surface area (Å²) in [5.74, 6) is -1.20. The van der Waals surface area contributed by atoms with E-state index in [0.717, 1.165) is 0 Å². The molecule has 0 atom stereocenters. The van der Waals surface area contributed by atoms with E-state index in [0.29, 0.717) is 5.69 Å². The first-order valence-corrected chi connectivity index (χ1v) is 4.85. The number of nitrogens with one attached hydrogen (secondary N) is 1. The average molecular weight is 235 g/mol. The lowest BCUT2D eigenvalue weighted by Gasteiger charge is -2.04. The van der Waals surface area contributed by atoms with Crippen LogP contribution in [-0.2, 0) is 0 Å². The van der Waals surface area contributed by atoms with Crippen LogP contribution in [0.2, 0.25) is 0 Å². The van der Waals surface area contributed by atoms with Crippen LogP contribution in [-0.4, -0.2) is 10.9 Å². The van der Waals surface area contributed by atoms with Gasteiger partial charge in [0.15, 0.2) is 0 Å². The molecule has 0 saturated heterocycles. The zero-order valence-electron chi connectivity index (χ0n) is 9.03. The maximum atomic E-state index is 13.1. The molecule has 1 aromatic carbocycles. The third-order valence-corrected chi connectivity index (χ3v) is 2.14. The molecule has 0 aliphatic carbocycles.